The van der Waals surface area contributed by atoms with Gasteiger partial charge in [0.1, 0.15) is 0 Å². The lowest BCUT2D eigenvalue weighted by molar-refractivity contribution is -0.0328. The minimum Gasteiger partial charge on any atom is -0.293 e. The SMILES string of the molecule is CC(Cl)C(=O)c1cc(CBr)cc(SC(F)(F)F)c1. The van der Waals surface area contributed by atoms with Gasteiger partial charge in [-0.25, -0.2) is 0 Å². The van der Waals surface area contributed by atoms with Crippen molar-refractivity contribution in [2.24, 2.45) is 0 Å². The number of Topliss-reactive ketones (excluding diaryl/α,β-unsaturated/α-hetero) is 1. The average molecular weight is 362 g/mol. The number of ketones is 1. The lowest BCUT2D eigenvalue weighted by Gasteiger charge is -2.10. The molecule has 0 aliphatic heterocycles. The van der Waals surface area contributed by atoms with Crippen molar-refractivity contribution in [3.8, 4) is 0 Å². The standard InChI is InChI=1S/C11H9BrClF3OS/c1-6(13)10(17)8-2-7(5-12)3-9(4-8)18-11(14,15)16/h2-4,6H,5H2,1H3. The number of alkyl halides is 5. The van der Waals surface area contributed by atoms with Crippen LogP contribution in [0.3, 0.4) is 0 Å². The summed E-state index contributed by atoms with van der Waals surface area (Å²) in [6, 6.07) is 4.14. The van der Waals surface area contributed by atoms with Crippen LogP contribution in [0.2, 0.25) is 0 Å². The predicted molar refractivity (Wildman–Crippen MR) is 70.6 cm³/mol. The Bertz CT molecular complexity index is 448. The van der Waals surface area contributed by atoms with Gasteiger partial charge in [0.05, 0.1) is 5.38 Å². The van der Waals surface area contributed by atoms with E-state index in [0.29, 0.717) is 10.9 Å². The third-order valence-corrected chi connectivity index (χ3v) is 3.55. The zero-order chi connectivity index (χ0) is 13.9. The molecule has 0 N–H and O–H groups in total. The van der Waals surface area contributed by atoms with Gasteiger partial charge in [-0.3, -0.25) is 4.79 Å². The molecule has 1 atom stereocenters. The summed E-state index contributed by atoms with van der Waals surface area (Å²) in [5.74, 6) is -0.386. The van der Waals surface area contributed by atoms with E-state index in [1.54, 1.807) is 0 Å². The fourth-order valence-electron chi connectivity index (χ4n) is 1.30. The number of carbonyl (C=O) groups excluding carboxylic acids is 1. The van der Waals surface area contributed by atoms with Crippen molar-refractivity contribution in [3.05, 3.63) is 29.3 Å². The highest BCUT2D eigenvalue weighted by molar-refractivity contribution is 9.08. The van der Waals surface area contributed by atoms with Crippen molar-refractivity contribution in [2.45, 2.75) is 28.0 Å². The van der Waals surface area contributed by atoms with Crippen LogP contribution in [-0.4, -0.2) is 16.7 Å². The van der Waals surface area contributed by atoms with Crippen LogP contribution in [0.25, 0.3) is 0 Å². The third kappa shape index (κ3) is 4.82. The molecule has 1 nitrogen and oxygen atoms in total. The Morgan fingerprint density at radius 2 is 2.06 bits per heavy atom. The van der Waals surface area contributed by atoms with E-state index in [2.05, 4.69) is 15.9 Å². The lowest BCUT2D eigenvalue weighted by Crippen LogP contribution is -2.11. The molecule has 0 fully saturated rings. The highest BCUT2D eigenvalue weighted by Crippen LogP contribution is 2.38. The number of rotatable bonds is 4. The molecule has 0 saturated heterocycles. The maximum Gasteiger partial charge on any atom is 0.446 e. The van der Waals surface area contributed by atoms with Crippen LogP contribution in [0, 0.1) is 0 Å². The third-order valence-electron chi connectivity index (χ3n) is 2.00. The zero-order valence-corrected chi connectivity index (χ0v) is 12.4. The molecule has 1 rings (SSSR count). The predicted octanol–water partition coefficient (Wildman–Crippen LogP) is 5.00. The molecular weight excluding hydrogens is 353 g/mol. The van der Waals surface area contributed by atoms with E-state index in [0.717, 1.165) is 0 Å². The normalized spacial score (nSPS) is 13.4. The number of benzene rings is 1. The number of carbonyl (C=O) groups is 1. The van der Waals surface area contributed by atoms with Crippen LogP contribution in [0.15, 0.2) is 23.1 Å². The Kier molecular flexibility index (Phi) is 5.55. The quantitative estimate of drug-likeness (QED) is 0.426. The second kappa shape index (κ2) is 6.30. The lowest BCUT2D eigenvalue weighted by atomic mass is 10.1. The minimum atomic E-state index is -4.38. The molecule has 0 saturated carbocycles. The van der Waals surface area contributed by atoms with E-state index in [9.17, 15) is 18.0 Å². The van der Waals surface area contributed by atoms with E-state index < -0.39 is 10.9 Å². The fourth-order valence-corrected chi connectivity index (χ4v) is 2.42. The molecule has 0 aromatic heterocycles. The second-order valence-corrected chi connectivity index (χ2v) is 5.88. The molecule has 1 aromatic rings. The first kappa shape index (κ1) is 15.9. The van der Waals surface area contributed by atoms with Gasteiger partial charge >= 0.3 is 5.51 Å². The summed E-state index contributed by atoms with van der Waals surface area (Å²) in [6.07, 6.45) is 0. The van der Waals surface area contributed by atoms with E-state index in [1.165, 1.54) is 25.1 Å². The maximum absolute atomic E-state index is 12.3. The van der Waals surface area contributed by atoms with Crippen molar-refractivity contribution < 1.29 is 18.0 Å². The molecule has 1 unspecified atom stereocenters. The highest BCUT2D eigenvalue weighted by atomic mass is 79.9. The van der Waals surface area contributed by atoms with Crippen molar-refractivity contribution >= 4 is 45.1 Å². The van der Waals surface area contributed by atoms with Crippen molar-refractivity contribution in [1.82, 2.24) is 0 Å². The van der Waals surface area contributed by atoms with E-state index in [1.807, 2.05) is 0 Å². The maximum atomic E-state index is 12.3. The Hall–Kier alpha value is -0.200. The molecule has 18 heavy (non-hydrogen) atoms. The number of hydrogen-bond donors (Lipinski definition) is 0. The molecule has 1 aromatic carbocycles. The van der Waals surface area contributed by atoms with Crippen LogP contribution in [0.1, 0.15) is 22.8 Å². The number of thioether (sulfide) groups is 1. The molecule has 0 amide bonds. The summed E-state index contributed by atoms with van der Waals surface area (Å²) in [4.78, 5) is 11.7. The van der Waals surface area contributed by atoms with E-state index >= 15 is 0 Å². The summed E-state index contributed by atoms with van der Waals surface area (Å²) >= 11 is 8.57. The van der Waals surface area contributed by atoms with E-state index in [4.69, 9.17) is 11.6 Å². The van der Waals surface area contributed by atoms with Crippen LogP contribution in [-0.2, 0) is 5.33 Å². The van der Waals surface area contributed by atoms with Gasteiger partial charge in [-0.1, -0.05) is 15.9 Å². The molecule has 7 heteroatoms. The first-order chi connectivity index (χ1) is 8.23. The number of halogens is 5. The van der Waals surface area contributed by atoms with Gasteiger partial charge in [-0.2, -0.15) is 13.2 Å². The van der Waals surface area contributed by atoms with Crippen LogP contribution >= 0.6 is 39.3 Å². The van der Waals surface area contributed by atoms with Gasteiger partial charge in [0.15, 0.2) is 5.78 Å². The van der Waals surface area contributed by atoms with Gasteiger partial charge in [-0.05, 0) is 42.4 Å². The molecule has 0 spiro atoms. The Labute approximate surface area is 120 Å². The Morgan fingerprint density at radius 1 is 1.44 bits per heavy atom. The number of hydrogen-bond acceptors (Lipinski definition) is 2. The minimum absolute atomic E-state index is 0.0138. The first-order valence-electron chi connectivity index (χ1n) is 4.87. The second-order valence-electron chi connectivity index (χ2n) is 3.53. The molecule has 0 heterocycles. The molecule has 0 aliphatic rings. The van der Waals surface area contributed by atoms with Crippen LogP contribution in [0.4, 0.5) is 13.2 Å². The monoisotopic (exact) mass is 360 g/mol. The van der Waals surface area contributed by atoms with Crippen LogP contribution in [0.5, 0.6) is 0 Å². The van der Waals surface area contributed by atoms with Gasteiger partial charge in [-0.15, -0.1) is 11.6 Å². The zero-order valence-electron chi connectivity index (χ0n) is 9.22. The summed E-state index contributed by atoms with van der Waals surface area (Å²) in [6.45, 7) is 1.49. The smallest absolute Gasteiger partial charge is 0.293 e. The summed E-state index contributed by atoms with van der Waals surface area (Å²) < 4.78 is 36.9. The topological polar surface area (TPSA) is 17.1 Å². The Balaban J connectivity index is 3.13. The van der Waals surface area contributed by atoms with Gasteiger partial charge in [0.2, 0.25) is 0 Å². The van der Waals surface area contributed by atoms with Gasteiger partial charge in [0.25, 0.3) is 0 Å². The molecule has 100 valence electrons. The van der Waals surface area contributed by atoms with Crippen molar-refractivity contribution in [3.63, 3.8) is 0 Å². The van der Waals surface area contributed by atoms with Crippen molar-refractivity contribution in [1.29, 1.82) is 0 Å². The molecule has 0 aliphatic carbocycles. The van der Waals surface area contributed by atoms with Gasteiger partial charge in [0, 0.05) is 15.8 Å². The van der Waals surface area contributed by atoms with Crippen molar-refractivity contribution in [2.75, 3.05) is 0 Å². The molecular formula is C11H9BrClF3OS. The summed E-state index contributed by atoms with van der Waals surface area (Å²) in [5, 5.41) is -0.393. The van der Waals surface area contributed by atoms with Gasteiger partial charge < -0.3 is 0 Å². The summed E-state index contributed by atoms with van der Waals surface area (Å²) in [7, 11) is 0. The summed E-state index contributed by atoms with van der Waals surface area (Å²) in [5.41, 5.74) is -3.58. The first-order valence-corrected chi connectivity index (χ1v) is 7.24. The Morgan fingerprint density at radius 3 is 2.50 bits per heavy atom. The van der Waals surface area contributed by atoms with E-state index in [-0.39, 0.29) is 28.0 Å². The average Bonchev–Trinajstić information content (AvgIpc) is 2.24. The fraction of sp³-hybridized carbons (Fsp3) is 0.364. The largest absolute Gasteiger partial charge is 0.446 e. The molecule has 0 bridgehead atoms. The van der Waals surface area contributed by atoms with Crippen LogP contribution < -0.4 is 0 Å². The molecule has 0 radical (unpaired) electrons. The highest BCUT2D eigenvalue weighted by Gasteiger charge is 2.29.